The molecule has 9 heteroatoms. The molecular formula is C26H36ClN3O4S. The molecule has 0 aromatic heterocycles. The molecule has 2 aromatic rings. The first-order valence-corrected chi connectivity index (χ1v) is 14.1. The number of carbonyl (C=O) groups excluding carboxylic acids is 2. The van der Waals surface area contributed by atoms with Gasteiger partial charge < -0.3 is 10.2 Å². The number of amides is 2. The van der Waals surface area contributed by atoms with Gasteiger partial charge in [-0.3, -0.25) is 13.9 Å². The van der Waals surface area contributed by atoms with E-state index in [9.17, 15) is 18.0 Å². The summed E-state index contributed by atoms with van der Waals surface area (Å²) < 4.78 is 26.5. The third kappa shape index (κ3) is 7.97. The van der Waals surface area contributed by atoms with Crippen molar-refractivity contribution in [2.75, 3.05) is 23.7 Å². The predicted octanol–water partition coefficient (Wildman–Crippen LogP) is 4.56. The van der Waals surface area contributed by atoms with Gasteiger partial charge >= 0.3 is 0 Å². The Morgan fingerprint density at radius 2 is 1.66 bits per heavy atom. The fourth-order valence-corrected chi connectivity index (χ4v) is 4.78. The summed E-state index contributed by atoms with van der Waals surface area (Å²) in [4.78, 5) is 28.0. The average molecular weight is 522 g/mol. The summed E-state index contributed by atoms with van der Waals surface area (Å²) in [7, 11) is -3.77. The minimum Gasteiger partial charge on any atom is -0.354 e. The average Bonchev–Trinajstić information content (AvgIpc) is 2.81. The van der Waals surface area contributed by atoms with Gasteiger partial charge in [0.05, 0.1) is 11.9 Å². The second-order valence-electron chi connectivity index (χ2n) is 8.84. The summed E-state index contributed by atoms with van der Waals surface area (Å²) in [6.45, 7) is 8.01. The Balaban J connectivity index is 2.43. The third-order valence-electron chi connectivity index (χ3n) is 5.76. The van der Waals surface area contributed by atoms with Crippen LogP contribution in [0, 0.1) is 0 Å². The molecule has 0 fully saturated rings. The smallest absolute Gasteiger partial charge is 0.244 e. The molecule has 0 aliphatic rings. The van der Waals surface area contributed by atoms with Crippen LogP contribution in [0.1, 0.15) is 57.6 Å². The highest BCUT2D eigenvalue weighted by Crippen LogP contribution is 2.24. The number of nitrogens with one attached hydrogen (secondary N) is 1. The number of carbonyl (C=O) groups is 2. The van der Waals surface area contributed by atoms with Crippen LogP contribution >= 0.6 is 11.6 Å². The van der Waals surface area contributed by atoms with E-state index in [1.807, 2.05) is 39.8 Å². The van der Waals surface area contributed by atoms with Crippen molar-refractivity contribution in [3.63, 3.8) is 0 Å². The van der Waals surface area contributed by atoms with E-state index in [2.05, 4.69) is 5.32 Å². The molecule has 1 atom stereocenters. The van der Waals surface area contributed by atoms with Crippen LogP contribution in [0.3, 0.4) is 0 Å². The van der Waals surface area contributed by atoms with E-state index in [0.29, 0.717) is 29.2 Å². The summed E-state index contributed by atoms with van der Waals surface area (Å²) in [5.41, 5.74) is 2.13. The first-order valence-electron chi connectivity index (χ1n) is 11.9. The Morgan fingerprint density at radius 1 is 1.03 bits per heavy atom. The van der Waals surface area contributed by atoms with Crippen molar-refractivity contribution in [3.05, 3.63) is 64.7 Å². The second-order valence-corrected chi connectivity index (χ2v) is 11.2. The van der Waals surface area contributed by atoms with Crippen LogP contribution in [0.4, 0.5) is 5.69 Å². The number of halogens is 1. The zero-order valence-corrected chi connectivity index (χ0v) is 22.7. The minimum absolute atomic E-state index is 0.0838. The lowest BCUT2D eigenvalue weighted by atomic mass is 10.0. The van der Waals surface area contributed by atoms with Gasteiger partial charge in [-0.25, -0.2) is 8.42 Å². The number of benzene rings is 2. The number of anilines is 1. The molecule has 0 aliphatic carbocycles. The monoisotopic (exact) mass is 521 g/mol. The molecule has 2 rings (SSSR count). The van der Waals surface area contributed by atoms with Crippen molar-refractivity contribution in [1.82, 2.24) is 10.2 Å². The molecule has 0 spiro atoms. The van der Waals surface area contributed by atoms with E-state index < -0.39 is 28.5 Å². The molecule has 0 radical (unpaired) electrons. The highest BCUT2D eigenvalue weighted by atomic mass is 35.5. The highest BCUT2D eigenvalue weighted by Gasteiger charge is 2.32. The van der Waals surface area contributed by atoms with Crippen LogP contribution < -0.4 is 9.62 Å². The summed E-state index contributed by atoms with van der Waals surface area (Å²) in [6, 6.07) is 13.5. The Labute approximate surface area is 214 Å². The molecule has 0 heterocycles. The molecule has 0 saturated heterocycles. The second kappa shape index (κ2) is 12.9. The van der Waals surface area contributed by atoms with Gasteiger partial charge in [0.2, 0.25) is 21.8 Å². The number of rotatable bonds is 12. The molecule has 1 N–H and O–H groups in total. The maximum atomic E-state index is 13.6. The first-order chi connectivity index (χ1) is 16.5. The number of hydrogen-bond acceptors (Lipinski definition) is 4. The summed E-state index contributed by atoms with van der Waals surface area (Å²) in [5.74, 6) is -0.473. The largest absolute Gasteiger partial charge is 0.354 e. The molecule has 35 heavy (non-hydrogen) atoms. The molecule has 0 bridgehead atoms. The normalized spacial score (nSPS) is 12.3. The Bertz CT molecular complexity index is 1100. The van der Waals surface area contributed by atoms with E-state index in [1.54, 1.807) is 36.4 Å². The topological polar surface area (TPSA) is 86.8 Å². The van der Waals surface area contributed by atoms with Crippen molar-refractivity contribution < 1.29 is 18.0 Å². The maximum Gasteiger partial charge on any atom is 0.244 e. The molecule has 2 aromatic carbocycles. The van der Waals surface area contributed by atoms with Crippen molar-refractivity contribution in [2.45, 2.75) is 59.0 Å². The summed E-state index contributed by atoms with van der Waals surface area (Å²) in [6.07, 6.45) is 2.20. The minimum atomic E-state index is -3.77. The lowest BCUT2D eigenvalue weighted by molar-refractivity contribution is -0.140. The quantitative estimate of drug-likeness (QED) is 0.443. The molecule has 7 nitrogen and oxygen atoms in total. The Kier molecular flexibility index (Phi) is 10.6. The number of sulfonamides is 1. The van der Waals surface area contributed by atoms with Gasteiger partial charge in [0.15, 0.2) is 0 Å². The zero-order valence-electron chi connectivity index (χ0n) is 21.1. The molecule has 2 amide bonds. The zero-order chi connectivity index (χ0) is 26.2. The van der Waals surface area contributed by atoms with Crippen LogP contribution in [0.15, 0.2) is 48.5 Å². The van der Waals surface area contributed by atoms with Gasteiger partial charge in [-0.05, 0) is 48.1 Å². The van der Waals surface area contributed by atoms with Gasteiger partial charge in [0.1, 0.15) is 12.6 Å². The number of hydrogen-bond donors (Lipinski definition) is 1. The summed E-state index contributed by atoms with van der Waals surface area (Å²) >= 11 is 6.35. The lowest BCUT2D eigenvalue weighted by Gasteiger charge is -2.33. The van der Waals surface area contributed by atoms with Crippen molar-refractivity contribution >= 4 is 39.1 Å². The lowest BCUT2D eigenvalue weighted by Crippen LogP contribution is -2.52. The molecule has 0 saturated carbocycles. The third-order valence-corrected chi connectivity index (χ3v) is 7.27. The molecule has 0 unspecified atom stereocenters. The van der Waals surface area contributed by atoms with Gasteiger partial charge in [-0.1, -0.05) is 69.6 Å². The maximum absolute atomic E-state index is 13.6. The van der Waals surface area contributed by atoms with E-state index in [-0.39, 0.29) is 18.4 Å². The fourth-order valence-electron chi connectivity index (χ4n) is 3.73. The van der Waals surface area contributed by atoms with Gasteiger partial charge in [0, 0.05) is 18.1 Å². The van der Waals surface area contributed by atoms with Gasteiger partial charge in [-0.15, -0.1) is 0 Å². The molecular weight excluding hydrogens is 486 g/mol. The van der Waals surface area contributed by atoms with E-state index >= 15 is 0 Å². The van der Waals surface area contributed by atoms with Crippen LogP contribution in [0.5, 0.6) is 0 Å². The fraction of sp³-hybridized carbons (Fsp3) is 0.462. The van der Waals surface area contributed by atoms with Crippen LogP contribution in [-0.2, 0) is 26.2 Å². The van der Waals surface area contributed by atoms with E-state index in [0.717, 1.165) is 22.5 Å². The van der Waals surface area contributed by atoms with Gasteiger partial charge in [0.25, 0.3) is 0 Å². The van der Waals surface area contributed by atoms with Crippen molar-refractivity contribution in [1.29, 1.82) is 0 Å². The Morgan fingerprint density at radius 3 is 2.17 bits per heavy atom. The SMILES string of the molecule is CCCNC(=O)[C@@H](CC)N(Cc1ccccc1Cl)C(=O)CN(c1ccc(C(C)C)cc1)S(C)(=O)=O. The van der Waals surface area contributed by atoms with Crippen molar-refractivity contribution in [2.24, 2.45) is 0 Å². The van der Waals surface area contributed by atoms with E-state index in [4.69, 9.17) is 11.6 Å². The predicted molar refractivity (Wildman–Crippen MR) is 142 cm³/mol. The van der Waals surface area contributed by atoms with Gasteiger partial charge in [-0.2, -0.15) is 0 Å². The van der Waals surface area contributed by atoms with Crippen LogP contribution in [0.2, 0.25) is 5.02 Å². The molecule has 0 aliphatic heterocycles. The highest BCUT2D eigenvalue weighted by molar-refractivity contribution is 7.92. The number of nitrogens with zero attached hydrogens (tertiary/aromatic N) is 2. The van der Waals surface area contributed by atoms with Crippen molar-refractivity contribution in [3.8, 4) is 0 Å². The Hall–Kier alpha value is -2.58. The standard InChI is InChI=1S/C26H36ClN3O4S/c1-6-16-28-26(32)24(7-2)29(17-21-10-8-9-11-23(21)27)25(31)18-30(35(5,33)34)22-14-12-20(13-15-22)19(3)4/h8-15,19,24H,6-7,16-18H2,1-5H3,(H,28,32)/t24-/m1/s1. The molecule has 192 valence electrons. The first kappa shape index (κ1) is 28.7. The summed E-state index contributed by atoms with van der Waals surface area (Å²) in [5, 5.41) is 3.32. The van der Waals surface area contributed by atoms with E-state index in [1.165, 1.54) is 4.90 Å². The van der Waals surface area contributed by atoms with Crippen LogP contribution in [-0.4, -0.2) is 50.5 Å². The van der Waals surface area contributed by atoms with Crippen LogP contribution in [0.25, 0.3) is 0 Å².